The first-order valence-corrected chi connectivity index (χ1v) is 23.4. The minimum absolute atomic E-state index is 0.0402. The van der Waals surface area contributed by atoms with Crippen LogP contribution >= 0.6 is 11.3 Å². The highest BCUT2D eigenvalue weighted by Gasteiger charge is 2.52. The fourth-order valence-corrected chi connectivity index (χ4v) is 13.1. The maximum Gasteiger partial charge on any atom is 0.169 e. The Bertz CT molecular complexity index is 3620. The van der Waals surface area contributed by atoms with Gasteiger partial charge in [-0.25, -0.2) is 4.98 Å². The van der Waals surface area contributed by atoms with Gasteiger partial charge in [0.2, 0.25) is 0 Å². The third-order valence-corrected chi connectivity index (χ3v) is 16.6. The molecule has 63 heavy (non-hydrogen) atoms. The van der Waals surface area contributed by atoms with Crippen molar-refractivity contribution < 1.29 is 4.79 Å². The molecule has 0 saturated heterocycles. The number of rotatable bonds is 5. The Morgan fingerprint density at radius 1 is 0.587 bits per heavy atom. The number of aromatic nitrogens is 2. The summed E-state index contributed by atoms with van der Waals surface area (Å²) in [5.41, 5.74) is 16.0. The van der Waals surface area contributed by atoms with E-state index in [0.29, 0.717) is 11.7 Å². The smallest absolute Gasteiger partial charge is 0.169 e. The van der Waals surface area contributed by atoms with Crippen LogP contribution in [-0.2, 0) is 5.41 Å². The van der Waals surface area contributed by atoms with E-state index in [-0.39, 0.29) is 10.8 Å². The van der Waals surface area contributed by atoms with E-state index in [1.165, 1.54) is 98.2 Å². The van der Waals surface area contributed by atoms with E-state index < -0.39 is 0 Å². The van der Waals surface area contributed by atoms with Gasteiger partial charge in [-0.05, 0) is 143 Å². The molecular formula is C59H46N2OS. The number of carbonyl (C=O) groups excluding carboxylic acids is 1. The number of carbonyl (C=O) groups is 1. The second-order valence-corrected chi connectivity index (χ2v) is 20.2. The van der Waals surface area contributed by atoms with E-state index in [2.05, 4.69) is 184 Å². The molecule has 1 fully saturated rings. The van der Waals surface area contributed by atoms with Gasteiger partial charge in [0, 0.05) is 48.0 Å². The zero-order valence-corrected chi connectivity index (χ0v) is 36.9. The second-order valence-electron chi connectivity index (χ2n) is 19.2. The fourth-order valence-electron chi connectivity index (χ4n) is 12.1. The summed E-state index contributed by atoms with van der Waals surface area (Å²) in [7, 11) is 0. The molecule has 0 spiro atoms. The van der Waals surface area contributed by atoms with Crippen LogP contribution in [0.25, 0.3) is 103 Å². The van der Waals surface area contributed by atoms with E-state index in [1.807, 2.05) is 0 Å². The maximum atomic E-state index is 14.9. The number of pyridine rings is 1. The summed E-state index contributed by atoms with van der Waals surface area (Å²) < 4.78 is 3.71. The van der Waals surface area contributed by atoms with Crippen molar-refractivity contribution >= 4 is 75.5 Å². The Morgan fingerprint density at radius 2 is 1.22 bits per heavy atom. The van der Waals surface area contributed by atoms with Gasteiger partial charge in [0.25, 0.3) is 0 Å². The molecule has 304 valence electrons. The zero-order chi connectivity index (χ0) is 42.4. The van der Waals surface area contributed by atoms with E-state index >= 15 is 0 Å². The van der Waals surface area contributed by atoms with Gasteiger partial charge >= 0.3 is 0 Å². The van der Waals surface area contributed by atoms with Crippen LogP contribution in [0.5, 0.6) is 0 Å². The summed E-state index contributed by atoms with van der Waals surface area (Å²) in [6, 6.07) is 54.0. The van der Waals surface area contributed by atoms with Crippen molar-refractivity contribution in [3.63, 3.8) is 0 Å². The lowest BCUT2D eigenvalue weighted by Crippen LogP contribution is -2.38. The molecule has 0 amide bonds. The molecule has 7 aromatic carbocycles. The van der Waals surface area contributed by atoms with Crippen molar-refractivity contribution in [2.24, 2.45) is 11.3 Å². The van der Waals surface area contributed by atoms with Crippen molar-refractivity contribution in [3.8, 4) is 44.5 Å². The van der Waals surface area contributed by atoms with E-state index in [9.17, 15) is 4.79 Å². The molecule has 3 aliphatic carbocycles. The minimum atomic E-state index is -0.334. The molecule has 0 aliphatic heterocycles. The highest BCUT2D eigenvalue weighted by molar-refractivity contribution is 7.25. The van der Waals surface area contributed by atoms with Crippen molar-refractivity contribution in [2.75, 3.05) is 0 Å². The molecule has 4 heteroatoms. The molecule has 4 aromatic heterocycles. The number of thiophene rings is 1. The normalized spacial score (nSPS) is 18.8. The van der Waals surface area contributed by atoms with Gasteiger partial charge in [0.05, 0.1) is 22.7 Å². The molecule has 0 N–H and O–H groups in total. The second kappa shape index (κ2) is 13.2. The molecule has 0 atom stereocenters. The van der Waals surface area contributed by atoms with Crippen LogP contribution in [0.4, 0.5) is 0 Å². The van der Waals surface area contributed by atoms with Crippen LogP contribution in [-0.4, -0.2) is 15.2 Å². The van der Waals surface area contributed by atoms with Gasteiger partial charge in [-0.15, -0.1) is 11.3 Å². The molecular weight excluding hydrogens is 785 g/mol. The van der Waals surface area contributed by atoms with Gasteiger partial charge in [0.1, 0.15) is 4.83 Å². The average molecular weight is 831 g/mol. The fraction of sp³-hybridized carbons (Fsp3) is 0.186. The van der Waals surface area contributed by atoms with Crippen LogP contribution in [0.15, 0.2) is 152 Å². The van der Waals surface area contributed by atoms with Crippen LogP contribution in [0.1, 0.15) is 67.9 Å². The predicted molar refractivity (Wildman–Crippen MR) is 266 cm³/mol. The monoisotopic (exact) mass is 830 g/mol. The largest absolute Gasteiger partial charge is 0.306 e. The molecule has 0 unspecified atom stereocenters. The number of fused-ring (bicyclic) bond motifs is 12. The van der Waals surface area contributed by atoms with E-state index in [1.54, 1.807) is 11.3 Å². The Labute approximate surface area is 371 Å². The van der Waals surface area contributed by atoms with E-state index in [4.69, 9.17) is 4.98 Å². The number of aryl methyl sites for hydroxylation is 1. The first kappa shape index (κ1) is 37.0. The van der Waals surface area contributed by atoms with Crippen LogP contribution in [0.3, 0.4) is 0 Å². The van der Waals surface area contributed by atoms with Gasteiger partial charge < -0.3 is 4.40 Å². The SMILES string of the molecule is Cc1ccc2sc3ncc4c(c5cc(-c6c(-c7ccccc7)cc(-c7ccccc7)cc6-c6ccccc6)cc6c7cc8c(cc7n4c65)C(=O)C4(C)CCC8(C(C)C)CC4)c3c2c1. The molecule has 3 nitrogen and oxygen atoms in total. The topological polar surface area (TPSA) is 34.4 Å². The van der Waals surface area contributed by atoms with Gasteiger partial charge in [0.15, 0.2) is 5.78 Å². The van der Waals surface area contributed by atoms with Crippen molar-refractivity contribution in [2.45, 2.75) is 58.8 Å². The van der Waals surface area contributed by atoms with Gasteiger partial charge in [-0.3, -0.25) is 4.79 Å². The zero-order valence-electron chi connectivity index (χ0n) is 36.1. The predicted octanol–water partition coefficient (Wildman–Crippen LogP) is 16.2. The summed E-state index contributed by atoms with van der Waals surface area (Å²) in [6.07, 6.45) is 6.08. The Hall–Kier alpha value is -6.62. The van der Waals surface area contributed by atoms with Crippen LogP contribution < -0.4 is 0 Å². The van der Waals surface area contributed by atoms with Gasteiger partial charge in [-0.2, -0.15) is 0 Å². The van der Waals surface area contributed by atoms with Crippen molar-refractivity contribution in [1.82, 2.24) is 9.38 Å². The lowest BCUT2D eigenvalue weighted by molar-refractivity contribution is 0.0688. The third kappa shape index (κ3) is 5.13. The molecule has 3 aliphatic rings. The summed E-state index contributed by atoms with van der Waals surface area (Å²) in [5.74, 6) is 0.734. The number of hydrogen-bond acceptors (Lipinski definition) is 3. The highest BCUT2D eigenvalue weighted by Crippen LogP contribution is 2.58. The first-order valence-electron chi connectivity index (χ1n) is 22.6. The third-order valence-electron chi connectivity index (χ3n) is 15.5. The lowest BCUT2D eigenvalue weighted by atomic mass is 9.60. The van der Waals surface area contributed by atoms with Crippen LogP contribution in [0.2, 0.25) is 0 Å². The average Bonchev–Trinajstić information content (AvgIpc) is 3.93. The minimum Gasteiger partial charge on any atom is -0.306 e. The molecule has 14 rings (SSSR count). The summed E-state index contributed by atoms with van der Waals surface area (Å²) in [4.78, 5) is 21.2. The highest BCUT2D eigenvalue weighted by atomic mass is 32.1. The summed E-state index contributed by atoms with van der Waals surface area (Å²) >= 11 is 1.78. The Kier molecular flexibility index (Phi) is 7.75. The number of nitrogens with zero attached hydrogens (tertiary/aromatic N) is 2. The number of hydrogen-bond donors (Lipinski definition) is 0. The van der Waals surface area contributed by atoms with E-state index in [0.717, 1.165) is 47.1 Å². The lowest BCUT2D eigenvalue weighted by Gasteiger charge is -2.44. The quantitative estimate of drug-likeness (QED) is 0.173. The number of benzene rings is 7. The Morgan fingerprint density at radius 3 is 1.87 bits per heavy atom. The first-order chi connectivity index (χ1) is 30.7. The van der Waals surface area contributed by atoms with Crippen molar-refractivity contribution in [3.05, 3.63) is 168 Å². The molecule has 4 heterocycles. The van der Waals surface area contributed by atoms with Crippen molar-refractivity contribution in [1.29, 1.82) is 0 Å². The number of Topliss-reactive ketones (excluding diaryl/α,β-unsaturated/α-hetero) is 1. The van der Waals surface area contributed by atoms with Crippen LogP contribution in [0, 0.1) is 18.3 Å². The standard InChI is InChI=1S/C59H46N2OS/c1-34(2)59-24-22-58(4,23-25-59)56(62)45-32-49-43(31-48(45)59)44-29-40(30-47-53-50(61(49)55(44)47)33-60-57-54(53)46-26-35(3)20-21-51(46)63-57)52-41(37-16-10-6-11-17-37)27-39(36-14-8-5-9-15-36)28-42(52)38-18-12-7-13-19-38/h5-21,26-34H,22-25H2,1-4H3. The molecule has 11 aromatic rings. The molecule has 1 saturated carbocycles. The summed E-state index contributed by atoms with van der Waals surface area (Å²) in [6.45, 7) is 9.17. The number of ketones is 1. The molecule has 2 bridgehead atoms. The summed E-state index contributed by atoms with van der Waals surface area (Å²) in [5, 5.41) is 7.37. The van der Waals surface area contributed by atoms with Gasteiger partial charge in [-0.1, -0.05) is 123 Å². The Balaban J connectivity index is 1.23. The molecule has 0 radical (unpaired) electrons. The maximum absolute atomic E-state index is 14.9.